The van der Waals surface area contributed by atoms with E-state index in [0.717, 1.165) is 0 Å². The van der Waals surface area contributed by atoms with Crippen LogP contribution in [0, 0.1) is 5.82 Å². The van der Waals surface area contributed by atoms with Crippen molar-refractivity contribution in [2.75, 3.05) is 12.4 Å². The van der Waals surface area contributed by atoms with Gasteiger partial charge in [0, 0.05) is 26.2 Å². The fourth-order valence-corrected chi connectivity index (χ4v) is 2.50. The lowest BCUT2D eigenvalue weighted by Crippen LogP contribution is -2.37. The van der Waals surface area contributed by atoms with E-state index in [9.17, 15) is 18.8 Å². The van der Waals surface area contributed by atoms with Crippen LogP contribution < -0.4 is 5.32 Å². The molecule has 6 nitrogen and oxygen atoms in total. The molecule has 0 spiro atoms. The molecule has 0 fully saturated rings. The van der Waals surface area contributed by atoms with Gasteiger partial charge in [0.25, 0.3) is 5.91 Å². The highest BCUT2D eigenvalue weighted by molar-refractivity contribution is 5.95. The van der Waals surface area contributed by atoms with Crippen LogP contribution in [-0.2, 0) is 20.9 Å². The van der Waals surface area contributed by atoms with Gasteiger partial charge < -0.3 is 15.0 Å². The molecule has 2 aromatic rings. The van der Waals surface area contributed by atoms with E-state index in [-0.39, 0.29) is 23.8 Å². The molecule has 0 aromatic heterocycles. The number of carbonyl (C=O) groups is 3. The van der Waals surface area contributed by atoms with Crippen molar-refractivity contribution in [3.63, 3.8) is 0 Å². The molecule has 0 saturated carbocycles. The van der Waals surface area contributed by atoms with Gasteiger partial charge in [-0.25, -0.2) is 9.18 Å². The number of anilines is 1. The van der Waals surface area contributed by atoms with Crippen LogP contribution in [0.4, 0.5) is 10.1 Å². The van der Waals surface area contributed by atoms with Crippen LogP contribution in [0.3, 0.4) is 0 Å². The van der Waals surface area contributed by atoms with E-state index in [1.807, 2.05) is 0 Å². The average Bonchev–Trinajstić information content (AvgIpc) is 2.60. The van der Waals surface area contributed by atoms with Gasteiger partial charge in [-0.3, -0.25) is 9.59 Å². The summed E-state index contributed by atoms with van der Waals surface area (Å²) in [5, 5.41) is 2.57. The van der Waals surface area contributed by atoms with E-state index in [1.54, 1.807) is 31.3 Å². The molecular formula is C20H21FN2O4. The number of rotatable bonds is 6. The molecular weight excluding hydrogens is 351 g/mol. The number of halogens is 1. The van der Waals surface area contributed by atoms with E-state index < -0.39 is 18.0 Å². The number of esters is 1. The topological polar surface area (TPSA) is 75.7 Å². The Hall–Kier alpha value is -3.22. The Balaban J connectivity index is 1.98. The summed E-state index contributed by atoms with van der Waals surface area (Å²) in [6.45, 7) is 3.02. The van der Waals surface area contributed by atoms with E-state index >= 15 is 0 Å². The number of hydrogen-bond donors (Lipinski definition) is 1. The highest BCUT2D eigenvalue weighted by Gasteiger charge is 2.22. The molecule has 0 aliphatic heterocycles. The van der Waals surface area contributed by atoms with Gasteiger partial charge >= 0.3 is 5.97 Å². The summed E-state index contributed by atoms with van der Waals surface area (Å²) >= 11 is 0. The Morgan fingerprint density at radius 3 is 2.52 bits per heavy atom. The van der Waals surface area contributed by atoms with Crippen molar-refractivity contribution < 1.29 is 23.5 Å². The van der Waals surface area contributed by atoms with Crippen molar-refractivity contribution in [3.05, 3.63) is 65.5 Å². The van der Waals surface area contributed by atoms with Crippen LogP contribution in [0.1, 0.15) is 29.8 Å². The minimum absolute atomic E-state index is 0.191. The Morgan fingerprint density at radius 1 is 1.15 bits per heavy atom. The van der Waals surface area contributed by atoms with Gasteiger partial charge in [-0.05, 0) is 42.8 Å². The van der Waals surface area contributed by atoms with Gasteiger partial charge in [0.15, 0.2) is 6.10 Å². The van der Waals surface area contributed by atoms with Crippen LogP contribution in [0.2, 0.25) is 0 Å². The van der Waals surface area contributed by atoms with E-state index in [0.29, 0.717) is 11.3 Å². The number of hydrogen-bond acceptors (Lipinski definition) is 4. The molecule has 0 heterocycles. The first kappa shape index (κ1) is 20.1. The van der Waals surface area contributed by atoms with Crippen LogP contribution in [0.5, 0.6) is 0 Å². The molecule has 142 valence electrons. The van der Waals surface area contributed by atoms with Crippen LogP contribution in [0.25, 0.3) is 0 Å². The summed E-state index contributed by atoms with van der Waals surface area (Å²) in [5.41, 5.74) is 1.31. The molecule has 2 rings (SSSR count). The predicted octanol–water partition coefficient (Wildman–Crippen LogP) is 2.99. The summed E-state index contributed by atoms with van der Waals surface area (Å²) in [6.07, 6.45) is -1.01. The molecule has 2 aromatic carbocycles. The molecule has 1 atom stereocenters. The third-order valence-corrected chi connectivity index (χ3v) is 3.74. The number of ether oxygens (including phenoxy) is 1. The highest BCUT2D eigenvalue weighted by Crippen LogP contribution is 2.14. The summed E-state index contributed by atoms with van der Waals surface area (Å²) in [6, 6.07) is 12.2. The van der Waals surface area contributed by atoms with Crippen LogP contribution >= 0.6 is 0 Å². The number of nitrogens with one attached hydrogen (secondary N) is 1. The second kappa shape index (κ2) is 8.93. The predicted molar refractivity (Wildman–Crippen MR) is 98.5 cm³/mol. The number of carbonyl (C=O) groups excluding carboxylic acids is 3. The lowest BCUT2D eigenvalue weighted by atomic mass is 10.2. The fourth-order valence-electron chi connectivity index (χ4n) is 2.50. The maximum Gasteiger partial charge on any atom is 0.338 e. The zero-order valence-corrected chi connectivity index (χ0v) is 15.4. The third kappa shape index (κ3) is 5.91. The highest BCUT2D eigenvalue weighted by atomic mass is 19.1. The van der Waals surface area contributed by atoms with Gasteiger partial charge in [0.1, 0.15) is 5.82 Å². The molecule has 0 bridgehead atoms. The zero-order valence-electron chi connectivity index (χ0n) is 15.4. The first-order valence-corrected chi connectivity index (χ1v) is 8.34. The second-order valence-electron chi connectivity index (χ2n) is 6.13. The molecule has 7 heteroatoms. The largest absolute Gasteiger partial charge is 0.449 e. The van der Waals surface area contributed by atoms with Crippen molar-refractivity contribution in [2.45, 2.75) is 26.5 Å². The van der Waals surface area contributed by atoms with E-state index in [4.69, 9.17) is 4.74 Å². The summed E-state index contributed by atoms with van der Waals surface area (Å²) in [4.78, 5) is 37.1. The zero-order chi connectivity index (χ0) is 20.0. The molecule has 2 amide bonds. The molecule has 27 heavy (non-hydrogen) atoms. The molecule has 0 saturated heterocycles. The maximum absolute atomic E-state index is 13.2. The lowest BCUT2D eigenvalue weighted by molar-refractivity contribution is -0.139. The number of amides is 2. The van der Waals surface area contributed by atoms with Crippen LogP contribution in [-0.4, -0.2) is 35.8 Å². The quantitative estimate of drug-likeness (QED) is 0.791. The Kier molecular flexibility index (Phi) is 6.65. The normalized spacial score (nSPS) is 11.4. The maximum atomic E-state index is 13.2. The molecule has 1 unspecified atom stereocenters. The lowest BCUT2D eigenvalue weighted by Gasteiger charge is -2.21. The van der Waals surface area contributed by atoms with E-state index in [2.05, 4.69) is 5.32 Å². The molecule has 0 aliphatic rings. The molecule has 0 radical (unpaired) electrons. The first-order valence-electron chi connectivity index (χ1n) is 8.34. The van der Waals surface area contributed by atoms with Gasteiger partial charge in [-0.15, -0.1) is 0 Å². The number of nitrogens with zero attached hydrogens (tertiary/aromatic N) is 1. The summed E-state index contributed by atoms with van der Waals surface area (Å²) in [7, 11) is 1.55. The molecule has 1 N–H and O–H groups in total. The SMILES string of the molecule is CC(=O)Nc1cccc(C(=O)OC(C)C(=O)N(C)Cc2cccc(F)c2)c1. The van der Waals surface area contributed by atoms with Gasteiger partial charge in [-0.1, -0.05) is 18.2 Å². The minimum atomic E-state index is -1.01. The Bertz CT molecular complexity index is 853. The average molecular weight is 372 g/mol. The summed E-state index contributed by atoms with van der Waals surface area (Å²) < 4.78 is 18.5. The van der Waals surface area contributed by atoms with Crippen molar-refractivity contribution >= 4 is 23.5 Å². The Labute approximate surface area is 156 Å². The second-order valence-corrected chi connectivity index (χ2v) is 6.13. The van der Waals surface area contributed by atoms with Crippen molar-refractivity contribution in [3.8, 4) is 0 Å². The third-order valence-electron chi connectivity index (χ3n) is 3.74. The standard InChI is InChI=1S/C20H21FN2O4/c1-13(19(25)23(3)12-15-6-4-8-17(21)10-15)27-20(26)16-7-5-9-18(11-16)22-14(2)24/h4-11,13H,12H2,1-3H3,(H,22,24). The van der Waals surface area contributed by atoms with Crippen molar-refractivity contribution in [2.24, 2.45) is 0 Å². The Morgan fingerprint density at radius 2 is 1.85 bits per heavy atom. The molecule has 0 aliphatic carbocycles. The number of likely N-dealkylation sites (N-methyl/N-ethyl adjacent to an activating group) is 1. The van der Waals surface area contributed by atoms with Crippen molar-refractivity contribution in [1.82, 2.24) is 4.90 Å². The monoisotopic (exact) mass is 372 g/mol. The smallest absolute Gasteiger partial charge is 0.338 e. The van der Waals surface area contributed by atoms with Crippen LogP contribution in [0.15, 0.2) is 48.5 Å². The summed E-state index contributed by atoms with van der Waals surface area (Å²) in [5.74, 6) is -1.73. The first-order chi connectivity index (χ1) is 12.8. The fraction of sp³-hybridized carbons (Fsp3) is 0.250. The minimum Gasteiger partial charge on any atom is -0.449 e. The van der Waals surface area contributed by atoms with Crippen molar-refractivity contribution in [1.29, 1.82) is 0 Å². The van der Waals surface area contributed by atoms with Gasteiger partial charge in [0.2, 0.25) is 5.91 Å². The van der Waals surface area contributed by atoms with Gasteiger partial charge in [0.05, 0.1) is 5.56 Å². The van der Waals surface area contributed by atoms with E-state index in [1.165, 1.54) is 43.0 Å². The number of benzene rings is 2. The van der Waals surface area contributed by atoms with Gasteiger partial charge in [-0.2, -0.15) is 0 Å².